The molecule has 1 aliphatic rings. The Labute approximate surface area is 171 Å². The number of benzene rings is 2. The Morgan fingerprint density at radius 1 is 1.00 bits per heavy atom. The third-order valence-corrected chi connectivity index (χ3v) is 7.31. The molecule has 1 aromatic heterocycles. The van der Waals surface area contributed by atoms with Crippen LogP contribution in [-0.4, -0.2) is 60.9 Å². The molecular weight excluding hydrogens is 388 g/mol. The van der Waals surface area contributed by atoms with E-state index in [1.165, 1.54) is 0 Å². The lowest BCUT2D eigenvalue weighted by molar-refractivity contribution is 0.141. The highest BCUT2D eigenvalue weighted by atomic mass is 32.2. The summed E-state index contributed by atoms with van der Waals surface area (Å²) in [4.78, 5) is 11.7. The monoisotopic (exact) mass is 412 g/mol. The molecule has 0 radical (unpaired) electrons. The fourth-order valence-corrected chi connectivity index (χ4v) is 5.00. The van der Waals surface area contributed by atoms with Gasteiger partial charge in [0, 0.05) is 37.8 Å². The molecule has 2 heterocycles. The molecule has 152 valence electrons. The first-order valence-electron chi connectivity index (χ1n) is 9.59. The molecule has 2 aromatic carbocycles. The maximum atomic E-state index is 12.9. The third-order valence-electron chi connectivity index (χ3n) is 5.40. The smallest absolute Gasteiger partial charge is 0.243 e. The molecule has 29 heavy (non-hydrogen) atoms. The Kier molecular flexibility index (Phi) is 5.49. The highest BCUT2D eigenvalue weighted by molar-refractivity contribution is 7.89. The van der Waals surface area contributed by atoms with Gasteiger partial charge in [0.15, 0.2) is 0 Å². The number of fused-ring (bicyclic) bond motifs is 1. The van der Waals surface area contributed by atoms with E-state index in [-0.39, 0.29) is 10.9 Å². The van der Waals surface area contributed by atoms with Gasteiger partial charge in [-0.3, -0.25) is 4.90 Å². The van der Waals surface area contributed by atoms with Crippen LogP contribution in [0.5, 0.6) is 5.75 Å². The maximum Gasteiger partial charge on any atom is 0.243 e. The van der Waals surface area contributed by atoms with E-state index in [1.54, 1.807) is 35.7 Å². The first-order chi connectivity index (χ1) is 14.0. The van der Waals surface area contributed by atoms with Gasteiger partial charge >= 0.3 is 0 Å². The minimum absolute atomic E-state index is 0.0189. The van der Waals surface area contributed by atoms with Crippen LogP contribution in [0.25, 0.3) is 10.9 Å². The normalized spacial score (nSPS) is 17.3. The predicted octanol–water partition coefficient (Wildman–Crippen LogP) is 2.71. The first kappa shape index (κ1) is 19.8. The minimum atomic E-state index is -3.51. The second-order valence-electron chi connectivity index (χ2n) is 7.08. The molecule has 0 bridgehead atoms. The molecule has 0 amide bonds. The average Bonchev–Trinajstić information content (AvgIpc) is 2.78. The first-order valence-corrected chi connectivity index (χ1v) is 11.0. The molecule has 1 atom stereocenters. The number of aromatic nitrogens is 2. The second-order valence-corrected chi connectivity index (χ2v) is 9.02. The van der Waals surface area contributed by atoms with E-state index in [4.69, 9.17) is 4.74 Å². The Hall–Kier alpha value is -2.55. The van der Waals surface area contributed by atoms with Crippen LogP contribution in [-0.2, 0) is 10.0 Å². The van der Waals surface area contributed by atoms with Crippen molar-refractivity contribution in [3.63, 3.8) is 0 Å². The van der Waals surface area contributed by atoms with Crippen molar-refractivity contribution in [3.8, 4) is 5.75 Å². The molecule has 8 heteroatoms. The van der Waals surface area contributed by atoms with Gasteiger partial charge in [-0.2, -0.15) is 4.31 Å². The van der Waals surface area contributed by atoms with E-state index in [2.05, 4.69) is 21.8 Å². The fourth-order valence-electron chi connectivity index (χ4n) is 3.58. The number of para-hydroxylation sites is 1. The number of piperazine rings is 1. The quantitative estimate of drug-likeness (QED) is 0.641. The van der Waals surface area contributed by atoms with E-state index in [0.717, 1.165) is 16.7 Å². The average molecular weight is 413 g/mol. The van der Waals surface area contributed by atoms with Crippen molar-refractivity contribution in [3.05, 3.63) is 60.6 Å². The van der Waals surface area contributed by atoms with Crippen LogP contribution in [0.1, 0.15) is 18.8 Å². The standard InChI is InChI=1S/C21H24N4O3S/c1-16(21-22-15-17-5-3-4-6-20(17)23-21)24-11-13-25(14-12-24)29(26,27)19-9-7-18(28-2)8-10-19/h3-10,15-16H,11-14H2,1-2H3. The number of hydrogen-bond acceptors (Lipinski definition) is 6. The summed E-state index contributed by atoms with van der Waals surface area (Å²) < 4.78 is 32.5. The van der Waals surface area contributed by atoms with Gasteiger partial charge < -0.3 is 4.74 Å². The van der Waals surface area contributed by atoms with Crippen LogP contribution in [0.2, 0.25) is 0 Å². The summed E-state index contributed by atoms with van der Waals surface area (Å²) in [6, 6.07) is 14.4. The second kappa shape index (κ2) is 8.06. The van der Waals surface area contributed by atoms with Crippen molar-refractivity contribution in [2.45, 2.75) is 17.9 Å². The topological polar surface area (TPSA) is 75.6 Å². The van der Waals surface area contributed by atoms with E-state index in [9.17, 15) is 8.42 Å². The molecule has 0 aliphatic carbocycles. The van der Waals surface area contributed by atoms with Gasteiger partial charge in [0.2, 0.25) is 10.0 Å². The Morgan fingerprint density at radius 2 is 1.69 bits per heavy atom. The molecule has 0 saturated carbocycles. The van der Waals surface area contributed by atoms with E-state index >= 15 is 0 Å². The van der Waals surface area contributed by atoms with Crippen molar-refractivity contribution >= 4 is 20.9 Å². The number of ether oxygens (including phenoxy) is 1. The number of sulfonamides is 1. The van der Waals surface area contributed by atoms with Crippen LogP contribution >= 0.6 is 0 Å². The third kappa shape index (κ3) is 3.96. The fraction of sp³-hybridized carbons (Fsp3) is 0.333. The summed E-state index contributed by atoms with van der Waals surface area (Å²) in [6.45, 7) is 4.20. The summed E-state index contributed by atoms with van der Waals surface area (Å²) in [6.07, 6.45) is 1.85. The van der Waals surface area contributed by atoms with Gasteiger partial charge in [-0.05, 0) is 37.3 Å². The van der Waals surface area contributed by atoms with E-state index < -0.39 is 10.0 Å². The van der Waals surface area contributed by atoms with Crippen LogP contribution < -0.4 is 4.74 Å². The zero-order valence-electron chi connectivity index (χ0n) is 16.5. The lowest BCUT2D eigenvalue weighted by Gasteiger charge is -2.36. The Morgan fingerprint density at radius 3 is 2.38 bits per heavy atom. The molecule has 1 fully saturated rings. The van der Waals surface area contributed by atoms with Gasteiger partial charge in [-0.1, -0.05) is 18.2 Å². The van der Waals surface area contributed by atoms with Crippen molar-refractivity contribution in [2.24, 2.45) is 0 Å². The van der Waals surface area contributed by atoms with Crippen LogP contribution in [0.15, 0.2) is 59.6 Å². The molecule has 1 saturated heterocycles. The summed E-state index contributed by atoms with van der Waals surface area (Å²) in [5, 5.41) is 1.01. The summed E-state index contributed by atoms with van der Waals surface area (Å²) in [7, 11) is -1.95. The summed E-state index contributed by atoms with van der Waals surface area (Å²) in [5.74, 6) is 1.40. The Bertz CT molecular complexity index is 1090. The molecule has 1 aliphatic heterocycles. The summed E-state index contributed by atoms with van der Waals surface area (Å²) in [5.41, 5.74) is 0.921. The number of rotatable bonds is 5. The van der Waals surface area contributed by atoms with Gasteiger partial charge in [0.1, 0.15) is 11.6 Å². The zero-order valence-corrected chi connectivity index (χ0v) is 17.3. The maximum absolute atomic E-state index is 12.9. The van der Waals surface area contributed by atoms with Crippen LogP contribution in [0.4, 0.5) is 0 Å². The van der Waals surface area contributed by atoms with Crippen LogP contribution in [0.3, 0.4) is 0 Å². The highest BCUT2D eigenvalue weighted by Gasteiger charge is 2.31. The van der Waals surface area contributed by atoms with Gasteiger partial charge in [-0.15, -0.1) is 0 Å². The van der Waals surface area contributed by atoms with Crippen molar-refractivity contribution < 1.29 is 13.2 Å². The van der Waals surface area contributed by atoms with Crippen molar-refractivity contribution in [1.82, 2.24) is 19.2 Å². The molecule has 7 nitrogen and oxygen atoms in total. The zero-order chi connectivity index (χ0) is 20.4. The largest absolute Gasteiger partial charge is 0.497 e. The number of hydrogen-bond donors (Lipinski definition) is 0. The predicted molar refractivity (Wildman–Crippen MR) is 111 cm³/mol. The number of nitrogens with zero attached hydrogens (tertiary/aromatic N) is 4. The van der Waals surface area contributed by atoms with Gasteiger partial charge in [-0.25, -0.2) is 18.4 Å². The van der Waals surface area contributed by atoms with E-state index in [0.29, 0.717) is 31.9 Å². The molecule has 3 aromatic rings. The number of methoxy groups -OCH3 is 1. The van der Waals surface area contributed by atoms with E-state index in [1.807, 2.05) is 30.5 Å². The molecule has 0 spiro atoms. The van der Waals surface area contributed by atoms with Crippen molar-refractivity contribution in [1.29, 1.82) is 0 Å². The highest BCUT2D eigenvalue weighted by Crippen LogP contribution is 2.24. The molecule has 0 N–H and O–H groups in total. The van der Waals surface area contributed by atoms with Gasteiger partial charge in [0.05, 0.1) is 23.6 Å². The SMILES string of the molecule is COc1ccc(S(=O)(=O)N2CCN(C(C)c3ncc4ccccc4n3)CC2)cc1. The Balaban J connectivity index is 1.45. The lowest BCUT2D eigenvalue weighted by atomic mass is 10.2. The van der Waals surface area contributed by atoms with Gasteiger partial charge in [0.25, 0.3) is 0 Å². The molecular formula is C21H24N4O3S. The molecule has 4 rings (SSSR count). The molecule has 1 unspecified atom stereocenters. The lowest BCUT2D eigenvalue weighted by Crippen LogP contribution is -2.49. The van der Waals surface area contributed by atoms with Crippen LogP contribution in [0, 0.1) is 0 Å². The summed E-state index contributed by atoms with van der Waals surface area (Å²) >= 11 is 0. The van der Waals surface area contributed by atoms with Crippen molar-refractivity contribution in [2.75, 3.05) is 33.3 Å². The minimum Gasteiger partial charge on any atom is -0.497 e.